The third kappa shape index (κ3) is 2.25. The average Bonchev–Trinajstić information content (AvgIpc) is 2.85. The van der Waals surface area contributed by atoms with Gasteiger partial charge in [0.05, 0.1) is 23.0 Å². The highest BCUT2D eigenvalue weighted by molar-refractivity contribution is 6.08. The summed E-state index contributed by atoms with van der Waals surface area (Å²) in [5, 5.41) is 7.85. The monoisotopic (exact) mass is 266 g/mol. The van der Waals surface area contributed by atoms with E-state index in [9.17, 15) is 4.79 Å². The lowest BCUT2D eigenvalue weighted by Crippen LogP contribution is -2.11. The van der Waals surface area contributed by atoms with Crippen LogP contribution >= 0.6 is 0 Å². The minimum Gasteiger partial charge on any atom is -0.321 e. The maximum Gasteiger partial charge on any atom is 0.258 e. The zero-order valence-corrected chi connectivity index (χ0v) is 11.3. The Balaban J connectivity index is 2.00. The summed E-state index contributed by atoms with van der Waals surface area (Å²) >= 11 is 0. The van der Waals surface area contributed by atoms with E-state index in [1.54, 1.807) is 24.1 Å². The largest absolute Gasteiger partial charge is 0.321 e. The third-order valence-corrected chi connectivity index (χ3v) is 3.06. The summed E-state index contributed by atoms with van der Waals surface area (Å²) < 4.78 is 1.60. The molecule has 0 fully saturated rings. The molecule has 5 heteroatoms. The molecule has 3 aromatic rings. The number of hydrogen-bond acceptors (Lipinski definition) is 3. The first-order valence-electron chi connectivity index (χ1n) is 6.30. The van der Waals surface area contributed by atoms with Gasteiger partial charge in [0.1, 0.15) is 0 Å². The molecule has 0 atom stereocenters. The molecule has 0 aliphatic rings. The Kier molecular flexibility index (Phi) is 2.95. The van der Waals surface area contributed by atoms with E-state index in [2.05, 4.69) is 15.4 Å². The number of aromatic nitrogens is 3. The van der Waals surface area contributed by atoms with Crippen LogP contribution in [-0.4, -0.2) is 20.7 Å². The van der Waals surface area contributed by atoms with Crippen LogP contribution in [0, 0.1) is 6.92 Å². The maximum absolute atomic E-state index is 12.2. The third-order valence-electron chi connectivity index (χ3n) is 3.06. The van der Waals surface area contributed by atoms with E-state index in [0.29, 0.717) is 5.56 Å². The number of rotatable bonds is 2. The zero-order valence-electron chi connectivity index (χ0n) is 11.3. The fourth-order valence-electron chi connectivity index (χ4n) is 2.14. The van der Waals surface area contributed by atoms with Crippen LogP contribution in [0.1, 0.15) is 16.1 Å². The van der Waals surface area contributed by atoms with E-state index in [1.807, 2.05) is 37.3 Å². The van der Waals surface area contributed by atoms with E-state index in [-0.39, 0.29) is 5.91 Å². The topological polar surface area (TPSA) is 59.8 Å². The molecule has 20 heavy (non-hydrogen) atoms. The van der Waals surface area contributed by atoms with Gasteiger partial charge in [0.15, 0.2) is 0 Å². The van der Waals surface area contributed by atoms with E-state index in [0.717, 1.165) is 22.3 Å². The van der Waals surface area contributed by atoms with Crippen molar-refractivity contribution in [2.24, 2.45) is 7.05 Å². The normalized spacial score (nSPS) is 10.7. The van der Waals surface area contributed by atoms with Gasteiger partial charge in [-0.15, -0.1) is 0 Å². The quantitative estimate of drug-likeness (QED) is 0.775. The van der Waals surface area contributed by atoms with Gasteiger partial charge in [0.25, 0.3) is 5.91 Å². The maximum atomic E-state index is 12.2. The SMILES string of the molecule is Cc1cc(NC(=O)c2cnn(C)c2)c2ccccc2n1. The standard InChI is InChI=1S/C15H14N4O/c1-10-7-14(12-5-3-4-6-13(12)17-10)18-15(20)11-8-16-19(2)9-11/h3-9H,1-2H3,(H,17,18,20). The number of nitrogens with one attached hydrogen (secondary N) is 1. The second-order valence-electron chi connectivity index (χ2n) is 4.69. The van der Waals surface area contributed by atoms with Crippen LogP contribution in [0.15, 0.2) is 42.7 Å². The highest BCUT2D eigenvalue weighted by atomic mass is 16.1. The predicted octanol–water partition coefficient (Wildman–Crippen LogP) is 2.53. The Morgan fingerprint density at radius 1 is 1.30 bits per heavy atom. The highest BCUT2D eigenvalue weighted by Gasteiger charge is 2.11. The molecule has 0 saturated carbocycles. The Morgan fingerprint density at radius 3 is 2.85 bits per heavy atom. The molecule has 0 unspecified atom stereocenters. The lowest BCUT2D eigenvalue weighted by molar-refractivity contribution is 0.102. The van der Waals surface area contributed by atoms with E-state index >= 15 is 0 Å². The molecule has 100 valence electrons. The van der Waals surface area contributed by atoms with Gasteiger partial charge in [-0.25, -0.2) is 0 Å². The predicted molar refractivity (Wildman–Crippen MR) is 77.6 cm³/mol. The molecule has 0 spiro atoms. The Hall–Kier alpha value is -2.69. The number of hydrogen-bond donors (Lipinski definition) is 1. The molecule has 0 aliphatic heterocycles. The Labute approximate surface area is 116 Å². The molecular formula is C15H14N4O. The molecule has 3 rings (SSSR count). The van der Waals surface area contributed by atoms with Crippen molar-refractivity contribution in [1.29, 1.82) is 0 Å². The zero-order chi connectivity index (χ0) is 14.1. The minimum atomic E-state index is -0.172. The number of fused-ring (bicyclic) bond motifs is 1. The number of anilines is 1. The van der Waals surface area contributed by atoms with Crippen LogP contribution in [0.2, 0.25) is 0 Å². The van der Waals surface area contributed by atoms with Crippen LogP contribution in [0.3, 0.4) is 0 Å². The minimum absolute atomic E-state index is 0.172. The van der Waals surface area contributed by atoms with Gasteiger partial charge >= 0.3 is 0 Å². The van der Waals surface area contributed by atoms with Crippen LogP contribution in [0.5, 0.6) is 0 Å². The average molecular weight is 266 g/mol. The number of para-hydroxylation sites is 1. The van der Waals surface area contributed by atoms with Crippen LogP contribution < -0.4 is 5.32 Å². The van der Waals surface area contributed by atoms with Crippen molar-refractivity contribution < 1.29 is 4.79 Å². The van der Waals surface area contributed by atoms with E-state index in [4.69, 9.17) is 0 Å². The Bertz CT molecular complexity index is 791. The smallest absolute Gasteiger partial charge is 0.258 e. The van der Waals surface area contributed by atoms with Gasteiger partial charge in [0, 0.05) is 24.3 Å². The molecule has 1 aromatic carbocycles. The van der Waals surface area contributed by atoms with Gasteiger partial charge in [-0.05, 0) is 19.1 Å². The van der Waals surface area contributed by atoms with Crippen molar-refractivity contribution >= 4 is 22.5 Å². The number of benzene rings is 1. The molecule has 5 nitrogen and oxygen atoms in total. The van der Waals surface area contributed by atoms with Crippen molar-refractivity contribution in [3.8, 4) is 0 Å². The summed E-state index contributed by atoms with van der Waals surface area (Å²) in [6.45, 7) is 1.91. The molecule has 0 aliphatic carbocycles. The number of aryl methyl sites for hydroxylation is 2. The van der Waals surface area contributed by atoms with Crippen molar-refractivity contribution in [2.75, 3.05) is 5.32 Å². The second kappa shape index (κ2) is 4.77. The first kappa shape index (κ1) is 12.3. The van der Waals surface area contributed by atoms with Crippen molar-refractivity contribution in [1.82, 2.24) is 14.8 Å². The van der Waals surface area contributed by atoms with Crippen molar-refractivity contribution in [2.45, 2.75) is 6.92 Å². The molecule has 0 radical (unpaired) electrons. The number of nitrogens with zero attached hydrogens (tertiary/aromatic N) is 3. The number of carbonyl (C=O) groups excluding carboxylic acids is 1. The fraction of sp³-hybridized carbons (Fsp3) is 0.133. The molecule has 2 aromatic heterocycles. The van der Waals surface area contributed by atoms with Gasteiger partial charge in [-0.2, -0.15) is 5.10 Å². The summed E-state index contributed by atoms with van der Waals surface area (Å²) in [6, 6.07) is 9.61. The number of amides is 1. The fourth-order valence-corrected chi connectivity index (χ4v) is 2.14. The first-order chi connectivity index (χ1) is 9.63. The number of pyridine rings is 1. The van der Waals surface area contributed by atoms with Gasteiger partial charge in [-0.3, -0.25) is 14.5 Å². The summed E-state index contributed by atoms with van der Waals surface area (Å²) in [5.74, 6) is -0.172. The van der Waals surface area contributed by atoms with Crippen molar-refractivity contribution in [3.63, 3.8) is 0 Å². The number of carbonyl (C=O) groups is 1. The molecule has 1 amide bonds. The first-order valence-corrected chi connectivity index (χ1v) is 6.30. The van der Waals surface area contributed by atoms with E-state index in [1.165, 1.54) is 0 Å². The summed E-state index contributed by atoms with van der Waals surface area (Å²) in [7, 11) is 1.78. The Morgan fingerprint density at radius 2 is 2.10 bits per heavy atom. The molecule has 0 saturated heterocycles. The van der Waals surface area contributed by atoms with Crippen molar-refractivity contribution in [3.05, 3.63) is 54.0 Å². The molecule has 0 bridgehead atoms. The van der Waals surface area contributed by atoms with Gasteiger partial charge in [-0.1, -0.05) is 18.2 Å². The summed E-state index contributed by atoms with van der Waals surface area (Å²) in [6.07, 6.45) is 3.23. The molecular weight excluding hydrogens is 252 g/mol. The lowest BCUT2D eigenvalue weighted by atomic mass is 10.1. The molecule has 1 N–H and O–H groups in total. The van der Waals surface area contributed by atoms with Gasteiger partial charge < -0.3 is 5.32 Å². The summed E-state index contributed by atoms with van der Waals surface area (Å²) in [5.41, 5.74) is 3.03. The second-order valence-corrected chi connectivity index (χ2v) is 4.69. The molecule has 2 heterocycles. The van der Waals surface area contributed by atoms with E-state index < -0.39 is 0 Å². The van der Waals surface area contributed by atoms with Crippen LogP contribution in [-0.2, 0) is 7.05 Å². The summed E-state index contributed by atoms with van der Waals surface area (Å²) in [4.78, 5) is 16.7. The van der Waals surface area contributed by atoms with Gasteiger partial charge in [0.2, 0.25) is 0 Å². The lowest BCUT2D eigenvalue weighted by Gasteiger charge is -2.08. The van der Waals surface area contributed by atoms with Crippen LogP contribution in [0.25, 0.3) is 10.9 Å². The van der Waals surface area contributed by atoms with Crippen LogP contribution in [0.4, 0.5) is 5.69 Å². The highest BCUT2D eigenvalue weighted by Crippen LogP contribution is 2.23.